The monoisotopic (exact) mass is 357 g/mol. The van der Waals surface area contributed by atoms with E-state index in [0.717, 1.165) is 17.0 Å². The Morgan fingerprint density at radius 3 is 2.57 bits per heavy atom. The summed E-state index contributed by atoms with van der Waals surface area (Å²) < 4.78 is 34.0. The molecule has 0 aliphatic carbocycles. The minimum absolute atomic E-state index is 0.114. The largest absolute Gasteiger partial charge is 0.495 e. The molecular formula is C15H20ClN3O3S. The fourth-order valence-electron chi connectivity index (χ4n) is 2.39. The summed E-state index contributed by atoms with van der Waals surface area (Å²) in [4.78, 5) is 0.114. The lowest BCUT2D eigenvalue weighted by molar-refractivity contribution is 0.414. The van der Waals surface area contributed by atoms with E-state index in [9.17, 15) is 8.42 Å². The highest BCUT2D eigenvalue weighted by Crippen LogP contribution is 2.26. The number of halogens is 1. The topological polar surface area (TPSA) is 73.2 Å². The average molecular weight is 358 g/mol. The highest BCUT2D eigenvalue weighted by Gasteiger charge is 2.16. The van der Waals surface area contributed by atoms with E-state index in [1.54, 1.807) is 4.68 Å². The van der Waals surface area contributed by atoms with Gasteiger partial charge in [-0.2, -0.15) is 5.10 Å². The molecule has 2 rings (SSSR count). The van der Waals surface area contributed by atoms with Gasteiger partial charge in [0.1, 0.15) is 5.75 Å². The van der Waals surface area contributed by atoms with Crippen LogP contribution in [0.4, 0.5) is 0 Å². The van der Waals surface area contributed by atoms with Gasteiger partial charge in [-0.05, 0) is 44.0 Å². The number of sulfonamides is 1. The molecule has 1 heterocycles. The van der Waals surface area contributed by atoms with Gasteiger partial charge in [0.05, 0.1) is 22.7 Å². The van der Waals surface area contributed by atoms with E-state index < -0.39 is 10.0 Å². The van der Waals surface area contributed by atoms with E-state index in [2.05, 4.69) is 9.82 Å². The Kier molecular flexibility index (Phi) is 5.33. The van der Waals surface area contributed by atoms with Gasteiger partial charge in [-0.1, -0.05) is 11.6 Å². The standard InChI is InChI=1S/C15H20ClN3O3S/c1-10-13(11(2)19(3)18-10)7-8-17-23(20,21)12-5-6-15(22-4)14(16)9-12/h5-6,9,17H,7-8H2,1-4H3. The molecule has 0 aliphatic heterocycles. The molecule has 23 heavy (non-hydrogen) atoms. The Hall–Kier alpha value is -1.57. The van der Waals surface area contributed by atoms with Crippen LogP contribution in [0.25, 0.3) is 0 Å². The van der Waals surface area contributed by atoms with Crippen LogP contribution in [0.2, 0.25) is 5.02 Å². The van der Waals surface area contributed by atoms with E-state index in [4.69, 9.17) is 16.3 Å². The Bertz CT molecular complexity index is 816. The summed E-state index contributed by atoms with van der Waals surface area (Å²) >= 11 is 5.98. The van der Waals surface area contributed by atoms with E-state index in [0.29, 0.717) is 18.7 Å². The SMILES string of the molecule is COc1ccc(S(=O)(=O)NCCc2c(C)nn(C)c2C)cc1Cl. The van der Waals surface area contributed by atoms with Gasteiger partial charge in [0.2, 0.25) is 10.0 Å². The summed E-state index contributed by atoms with van der Waals surface area (Å²) in [6.45, 7) is 4.17. The summed E-state index contributed by atoms with van der Waals surface area (Å²) in [5.74, 6) is 0.437. The number of benzene rings is 1. The minimum atomic E-state index is -3.61. The van der Waals surface area contributed by atoms with Gasteiger partial charge in [-0.3, -0.25) is 4.68 Å². The van der Waals surface area contributed by atoms with Crippen molar-refractivity contribution in [2.24, 2.45) is 7.05 Å². The zero-order chi connectivity index (χ0) is 17.2. The molecule has 0 unspecified atom stereocenters. The molecule has 0 fully saturated rings. The van der Waals surface area contributed by atoms with Crippen molar-refractivity contribution in [2.45, 2.75) is 25.2 Å². The van der Waals surface area contributed by atoms with Crippen LogP contribution in [0, 0.1) is 13.8 Å². The predicted molar refractivity (Wildman–Crippen MR) is 89.6 cm³/mol. The quantitative estimate of drug-likeness (QED) is 0.860. The number of rotatable bonds is 6. The number of methoxy groups -OCH3 is 1. The molecule has 0 radical (unpaired) electrons. The first-order valence-electron chi connectivity index (χ1n) is 7.08. The third-order valence-corrected chi connectivity index (χ3v) is 5.51. The number of ether oxygens (including phenoxy) is 1. The van der Waals surface area contributed by atoms with Gasteiger partial charge in [-0.25, -0.2) is 13.1 Å². The molecule has 6 nitrogen and oxygen atoms in total. The Balaban J connectivity index is 2.08. The summed E-state index contributed by atoms with van der Waals surface area (Å²) in [6, 6.07) is 4.38. The second-order valence-electron chi connectivity index (χ2n) is 5.22. The summed E-state index contributed by atoms with van der Waals surface area (Å²) in [5.41, 5.74) is 3.01. The Morgan fingerprint density at radius 1 is 1.35 bits per heavy atom. The first kappa shape index (κ1) is 17.8. The van der Waals surface area contributed by atoms with Crippen LogP contribution in [0.15, 0.2) is 23.1 Å². The first-order chi connectivity index (χ1) is 10.8. The number of hydrogen-bond acceptors (Lipinski definition) is 4. The molecule has 1 N–H and O–H groups in total. The molecule has 0 atom stereocenters. The smallest absolute Gasteiger partial charge is 0.240 e. The van der Waals surface area contributed by atoms with Gasteiger partial charge in [-0.15, -0.1) is 0 Å². The molecule has 8 heteroatoms. The van der Waals surface area contributed by atoms with Gasteiger partial charge in [0.25, 0.3) is 0 Å². The van der Waals surface area contributed by atoms with Crippen molar-refractivity contribution in [1.82, 2.24) is 14.5 Å². The molecule has 0 saturated carbocycles. The van der Waals surface area contributed by atoms with E-state index in [-0.39, 0.29) is 9.92 Å². The number of nitrogens with zero attached hydrogens (tertiary/aromatic N) is 2. The van der Waals surface area contributed by atoms with Crippen LogP contribution >= 0.6 is 11.6 Å². The predicted octanol–water partition coefficient (Wildman–Crippen LogP) is 2.22. The lowest BCUT2D eigenvalue weighted by Gasteiger charge is -2.09. The van der Waals surface area contributed by atoms with Gasteiger partial charge < -0.3 is 4.74 Å². The Morgan fingerprint density at radius 2 is 2.04 bits per heavy atom. The summed E-state index contributed by atoms with van der Waals surface area (Å²) in [5, 5.41) is 4.58. The minimum Gasteiger partial charge on any atom is -0.495 e. The van der Waals surface area contributed by atoms with Gasteiger partial charge >= 0.3 is 0 Å². The summed E-state index contributed by atoms with van der Waals surface area (Å²) in [6.07, 6.45) is 0.578. The molecule has 0 aliphatic rings. The van der Waals surface area contributed by atoms with E-state index in [1.165, 1.54) is 25.3 Å². The zero-order valence-corrected chi connectivity index (χ0v) is 15.1. The highest BCUT2D eigenvalue weighted by molar-refractivity contribution is 7.89. The molecule has 0 amide bonds. The molecule has 2 aromatic rings. The molecule has 0 spiro atoms. The van der Waals surface area contributed by atoms with Crippen molar-refractivity contribution in [3.63, 3.8) is 0 Å². The van der Waals surface area contributed by atoms with Crippen LogP contribution in [0.3, 0.4) is 0 Å². The molecule has 0 saturated heterocycles. The maximum Gasteiger partial charge on any atom is 0.240 e. The lowest BCUT2D eigenvalue weighted by Crippen LogP contribution is -2.26. The number of aromatic nitrogens is 2. The van der Waals surface area contributed by atoms with Gasteiger partial charge in [0.15, 0.2) is 0 Å². The Labute approximate surface area is 141 Å². The second kappa shape index (κ2) is 6.90. The number of hydrogen-bond donors (Lipinski definition) is 1. The molecule has 1 aromatic heterocycles. The van der Waals surface area contributed by atoms with Crippen molar-refractivity contribution < 1.29 is 13.2 Å². The van der Waals surface area contributed by atoms with Crippen molar-refractivity contribution in [3.05, 3.63) is 40.2 Å². The number of nitrogens with one attached hydrogen (secondary N) is 1. The van der Waals surface area contributed by atoms with E-state index >= 15 is 0 Å². The van der Waals surface area contributed by atoms with Crippen molar-refractivity contribution in [2.75, 3.05) is 13.7 Å². The maximum atomic E-state index is 12.3. The molecule has 0 bridgehead atoms. The van der Waals surface area contributed by atoms with Crippen LogP contribution in [0.1, 0.15) is 17.0 Å². The normalized spacial score (nSPS) is 11.7. The van der Waals surface area contributed by atoms with Crippen LogP contribution in [-0.4, -0.2) is 31.9 Å². The third-order valence-electron chi connectivity index (χ3n) is 3.76. The molecular weight excluding hydrogens is 338 g/mol. The van der Waals surface area contributed by atoms with Crippen molar-refractivity contribution in [1.29, 1.82) is 0 Å². The summed E-state index contributed by atoms with van der Waals surface area (Å²) in [7, 11) is -0.265. The first-order valence-corrected chi connectivity index (χ1v) is 8.94. The van der Waals surface area contributed by atoms with Crippen LogP contribution < -0.4 is 9.46 Å². The third kappa shape index (κ3) is 3.85. The fraction of sp³-hybridized carbons (Fsp3) is 0.400. The lowest BCUT2D eigenvalue weighted by atomic mass is 10.1. The molecule has 126 valence electrons. The second-order valence-corrected chi connectivity index (χ2v) is 7.39. The average Bonchev–Trinajstić information content (AvgIpc) is 2.73. The maximum absolute atomic E-state index is 12.3. The van der Waals surface area contributed by atoms with E-state index in [1.807, 2.05) is 20.9 Å². The zero-order valence-electron chi connectivity index (χ0n) is 13.6. The highest BCUT2D eigenvalue weighted by atomic mass is 35.5. The van der Waals surface area contributed by atoms with Crippen molar-refractivity contribution >= 4 is 21.6 Å². The molecule has 1 aromatic carbocycles. The van der Waals surface area contributed by atoms with Gasteiger partial charge in [0, 0.05) is 19.3 Å². The fourth-order valence-corrected chi connectivity index (χ4v) is 3.77. The van der Waals surface area contributed by atoms with Crippen LogP contribution in [-0.2, 0) is 23.5 Å². The number of aryl methyl sites for hydroxylation is 2. The van der Waals surface area contributed by atoms with Crippen LogP contribution in [0.5, 0.6) is 5.75 Å². The van der Waals surface area contributed by atoms with Crippen molar-refractivity contribution in [3.8, 4) is 5.75 Å².